The van der Waals surface area contributed by atoms with Crippen molar-refractivity contribution in [3.63, 3.8) is 0 Å². The summed E-state index contributed by atoms with van der Waals surface area (Å²) in [5.74, 6) is -1.01. The van der Waals surface area contributed by atoms with E-state index in [0.717, 1.165) is 11.1 Å². The zero-order valence-electron chi connectivity index (χ0n) is 17.1. The summed E-state index contributed by atoms with van der Waals surface area (Å²) in [6.45, 7) is 5.66. The summed E-state index contributed by atoms with van der Waals surface area (Å²) >= 11 is 0. The number of hydrogen-bond acceptors (Lipinski definition) is 6. The van der Waals surface area contributed by atoms with Crippen LogP contribution in [0.1, 0.15) is 31.8 Å². The van der Waals surface area contributed by atoms with E-state index in [4.69, 9.17) is 29.2 Å². The van der Waals surface area contributed by atoms with E-state index in [2.05, 4.69) is 0 Å². The van der Waals surface area contributed by atoms with E-state index in [9.17, 15) is 9.59 Å². The van der Waals surface area contributed by atoms with E-state index in [-0.39, 0.29) is 11.1 Å². The molecule has 0 aliphatic carbocycles. The number of carbonyl (C=O) groups is 2. The third-order valence-corrected chi connectivity index (χ3v) is 3.96. The lowest BCUT2D eigenvalue weighted by Crippen LogP contribution is -2.13. The Labute approximate surface area is 175 Å². The van der Waals surface area contributed by atoms with E-state index in [0.29, 0.717) is 51.1 Å². The monoisotopic (exact) mass is 418 g/mol. The molecular formula is C22H26O8. The molecule has 2 aromatic rings. The lowest BCUT2D eigenvalue weighted by molar-refractivity contribution is 0.0273. The number of carboxylic acid groups (broad SMARTS) is 2. The minimum atomic E-state index is -0.995. The minimum absolute atomic E-state index is 0.186. The first-order valence-electron chi connectivity index (χ1n) is 9.46. The van der Waals surface area contributed by atoms with Crippen LogP contribution in [0.4, 0.5) is 0 Å². The molecule has 8 heteroatoms. The number of aromatic carboxylic acids is 2. The molecule has 0 bridgehead atoms. The van der Waals surface area contributed by atoms with Crippen LogP contribution in [0, 0.1) is 13.8 Å². The first-order chi connectivity index (χ1) is 14.3. The summed E-state index contributed by atoms with van der Waals surface area (Å²) in [6.07, 6.45) is 0. The fourth-order valence-corrected chi connectivity index (χ4v) is 2.67. The molecule has 0 unspecified atom stereocenters. The van der Waals surface area contributed by atoms with Gasteiger partial charge in [0, 0.05) is 0 Å². The fourth-order valence-electron chi connectivity index (χ4n) is 2.67. The summed E-state index contributed by atoms with van der Waals surface area (Å²) < 4.78 is 21.9. The Kier molecular flexibility index (Phi) is 9.11. The molecule has 2 N–H and O–H groups in total. The predicted octanol–water partition coefficient (Wildman–Crippen LogP) is 3.19. The Morgan fingerprint density at radius 3 is 1.37 bits per heavy atom. The number of benzene rings is 2. The van der Waals surface area contributed by atoms with Gasteiger partial charge in [-0.25, -0.2) is 9.59 Å². The molecule has 0 heterocycles. The van der Waals surface area contributed by atoms with Gasteiger partial charge >= 0.3 is 11.9 Å². The van der Waals surface area contributed by atoms with Gasteiger partial charge in [0.15, 0.2) is 0 Å². The van der Waals surface area contributed by atoms with E-state index < -0.39 is 11.9 Å². The molecule has 30 heavy (non-hydrogen) atoms. The second-order valence-corrected chi connectivity index (χ2v) is 6.60. The third kappa shape index (κ3) is 8.10. The van der Waals surface area contributed by atoms with Gasteiger partial charge in [0.1, 0.15) is 24.7 Å². The molecule has 0 radical (unpaired) electrons. The molecule has 0 amide bonds. The Hall–Kier alpha value is -3.10. The summed E-state index contributed by atoms with van der Waals surface area (Å²) in [7, 11) is 0. The van der Waals surface area contributed by atoms with Gasteiger partial charge in [0.2, 0.25) is 0 Å². The first kappa shape index (κ1) is 23.2. The van der Waals surface area contributed by atoms with E-state index in [1.807, 2.05) is 0 Å². The van der Waals surface area contributed by atoms with Crippen LogP contribution >= 0.6 is 0 Å². The van der Waals surface area contributed by atoms with Crippen molar-refractivity contribution in [2.24, 2.45) is 0 Å². The molecule has 0 aliphatic rings. The molecule has 0 saturated heterocycles. The maximum absolute atomic E-state index is 11.0. The number of carboxylic acids is 2. The van der Waals surface area contributed by atoms with Crippen LogP contribution in [0.15, 0.2) is 36.4 Å². The maximum atomic E-state index is 11.0. The zero-order chi connectivity index (χ0) is 21.9. The third-order valence-electron chi connectivity index (χ3n) is 3.96. The average Bonchev–Trinajstić information content (AvgIpc) is 2.68. The van der Waals surface area contributed by atoms with Crippen LogP contribution in [0.2, 0.25) is 0 Å². The van der Waals surface area contributed by atoms with Gasteiger partial charge in [-0.05, 0) is 61.4 Å². The highest BCUT2D eigenvalue weighted by Crippen LogP contribution is 2.18. The molecule has 0 spiro atoms. The molecule has 0 saturated carbocycles. The molecule has 2 rings (SSSR count). The number of aryl methyl sites for hydroxylation is 2. The Morgan fingerprint density at radius 2 is 1.00 bits per heavy atom. The van der Waals surface area contributed by atoms with E-state index in [1.54, 1.807) is 38.1 Å². The van der Waals surface area contributed by atoms with Gasteiger partial charge < -0.3 is 29.2 Å². The Balaban J connectivity index is 1.55. The van der Waals surface area contributed by atoms with Crippen LogP contribution in [0.5, 0.6) is 11.5 Å². The second-order valence-electron chi connectivity index (χ2n) is 6.60. The van der Waals surface area contributed by atoms with Crippen molar-refractivity contribution >= 4 is 11.9 Å². The molecule has 2 aromatic carbocycles. The van der Waals surface area contributed by atoms with Gasteiger partial charge in [-0.2, -0.15) is 0 Å². The normalized spacial score (nSPS) is 10.6. The largest absolute Gasteiger partial charge is 0.491 e. The molecule has 0 aromatic heterocycles. The van der Waals surface area contributed by atoms with Gasteiger partial charge in [-0.15, -0.1) is 0 Å². The van der Waals surface area contributed by atoms with Crippen molar-refractivity contribution in [2.45, 2.75) is 13.8 Å². The molecule has 0 aliphatic heterocycles. The van der Waals surface area contributed by atoms with Crippen molar-refractivity contribution in [2.75, 3.05) is 39.6 Å². The summed E-state index contributed by atoms with van der Waals surface area (Å²) in [4.78, 5) is 22.1. The average molecular weight is 418 g/mol. The van der Waals surface area contributed by atoms with Crippen molar-refractivity contribution in [3.8, 4) is 11.5 Å². The number of hydrogen-bond donors (Lipinski definition) is 2. The first-order valence-corrected chi connectivity index (χ1v) is 9.46. The van der Waals surface area contributed by atoms with Crippen molar-refractivity contribution < 1.29 is 38.7 Å². The maximum Gasteiger partial charge on any atom is 0.335 e. The van der Waals surface area contributed by atoms with E-state index >= 15 is 0 Å². The quantitative estimate of drug-likeness (QED) is 0.477. The lowest BCUT2D eigenvalue weighted by Gasteiger charge is -2.10. The topological polar surface area (TPSA) is 112 Å². The van der Waals surface area contributed by atoms with Crippen LogP contribution in [-0.4, -0.2) is 61.8 Å². The SMILES string of the molecule is Cc1cc(OCCOCCOCCOc2cc(C)cc(C(=O)O)c2)cc(C(=O)O)c1. The minimum Gasteiger partial charge on any atom is -0.491 e. The van der Waals surface area contributed by atoms with E-state index in [1.165, 1.54) is 12.1 Å². The van der Waals surface area contributed by atoms with Crippen LogP contribution in [0.25, 0.3) is 0 Å². The zero-order valence-corrected chi connectivity index (χ0v) is 17.1. The highest BCUT2D eigenvalue weighted by atomic mass is 16.6. The van der Waals surface area contributed by atoms with Gasteiger partial charge in [0.25, 0.3) is 0 Å². The van der Waals surface area contributed by atoms with Crippen molar-refractivity contribution in [1.82, 2.24) is 0 Å². The molecule has 8 nitrogen and oxygen atoms in total. The lowest BCUT2D eigenvalue weighted by atomic mass is 10.1. The summed E-state index contributed by atoms with van der Waals surface area (Å²) in [5.41, 5.74) is 2.00. The highest BCUT2D eigenvalue weighted by molar-refractivity contribution is 5.88. The number of ether oxygens (including phenoxy) is 4. The highest BCUT2D eigenvalue weighted by Gasteiger charge is 2.07. The molecule has 0 atom stereocenters. The second kappa shape index (κ2) is 11.8. The number of rotatable bonds is 13. The van der Waals surface area contributed by atoms with Crippen LogP contribution in [0.3, 0.4) is 0 Å². The Morgan fingerprint density at radius 1 is 0.633 bits per heavy atom. The van der Waals surface area contributed by atoms with Crippen molar-refractivity contribution in [3.05, 3.63) is 58.7 Å². The smallest absolute Gasteiger partial charge is 0.335 e. The predicted molar refractivity (Wildman–Crippen MR) is 109 cm³/mol. The molecule has 162 valence electrons. The van der Waals surface area contributed by atoms with Crippen LogP contribution < -0.4 is 9.47 Å². The summed E-state index contributed by atoms with van der Waals surface area (Å²) in [6, 6.07) is 9.65. The van der Waals surface area contributed by atoms with Gasteiger partial charge in [0.05, 0.1) is 37.6 Å². The standard InChI is InChI=1S/C22H26O8/c1-15-9-17(21(23)24)13-19(11-15)29-7-5-27-3-4-28-6-8-30-20-12-16(2)10-18(14-20)22(25)26/h9-14H,3-8H2,1-2H3,(H,23,24)(H,25,26). The molecular weight excluding hydrogens is 392 g/mol. The summed E-state index contributed by atoms with van der Waals surface area (Å²) in [5, 5.41) is 18.1. The Bertz CT molecular complexity index is 791. The van der Waals surface area contributed by atoms with Gasteiger partial charge in [-0.3, -0.25) is 0 Å². The molecule has 0 fully saturated rings. The van der Waals surface area contributed by atoms with Crippen molar-refractivity contribution in [1.29, 1.82) is 0 Å². The van der Waals surface area contributed by atoms with Crippen LogP contribution in [-0.2, 0) is 9.47 Å². The van der Waals surface area contributed by atoms with Gasteiger partial charge in [-0.1, -0.05) is 0 Å². The fraction of sp³-hybridized carbons (Fsp3) is 0.364.